The number of alkyl halides is 3. The van der Waals surface area contributed by atoms with E-state index in [1.807, 2.05) is 5.73 Å². The van der Waals surface area contributed by atoms with E-state index in [1.54, 1.807) is 0 Å². The van der Waals surface area contributed by atoms with Crippen molar-refractivity contribution in [3.05, 3.63) is 17.9 Å². The van der Waals surface area contributed by atoms with Gasteiger partial charge in [0.15, 0.2) is 0 Å². The maximum absolute atomic E-state index is 11.6. The first-order chi connectivity index (χ1) is 4.02. The van der Waals surface area contributed by atoms with Gasteiger partial charge in [-0.3, -0.25) is 0 Å². The minimum absolute atomic E-state index is 0.0625. The Morgan fingerprint density at radius 1 is 1.56 bits per heavy atom. The van der Waals surface area contributed by atoms with Crippen molar-refractivity contribution >= 4 is 0 Å². The predicted molar refractivity (Wildman–Crippen MR) is 29.0 cm³/mol. The zero-order chi connectivity index (χ0) is 7.49. The Bertz CT molecular complexity index is 137. The number of hydrogen-bond acceptors (Lipinski definition) is 0. The highest BCUT2D eigenvalue weighted by atomic mass is 19.4. The maximum Gasteiger partial charge on any atom is 0.419 e. The lowest BCUT2D eigenvalue weighted by Crippen LogP contribution is -2.09. The summed E-state index contributed by atoms with van der Waals surface area (Å²) >= 11 is 0. The molecule has 0 atom stereocenters. The molecule has 0 unspecified atom stereocenters. The second-order valence-electron chi connectivity index (χ2n) is 1.51. The highest BCUT2D eigenvalue weighted by molar-refractivity contribution is 5.04. The molecule has 0 heterocycles. The zero-order valence-corrected chi connectivity index (χ0v) is 5.05. The average Bonchev–Trinajstić information content (AvgIpc) is 1.65. The molecule has 0 rings (SSSR count). The first-order valence-corrected chi connectivity index (χ1v) is 2.48. The zero-order valence-electron chi connectivity index (χ0n) is 5.05. The second kappa shape index (κ2) is 2.74. The molecule has 3 heteroatoms. The van der Waals surface area contributed by atoms with Crippen LogP contribution in [0.3, 0.4) is 0 Å². The molecular weight excluding hydrogens is 129 g/mol. The van der Waals surface area contributed by atoms with Crippen LogP contribution in [0.5, 0.6) is 0 Å². The fraction of sp³-hybridized carbons (Fsp3) is 0.500. The van der Waals surface area contributed by atoms with Crippen LogP contribution in [0.4, 0.5) is 13.2 Å². The molecule has 52 valence electrons. The molecular formula is C6H7F3. The number of allylic oxidation sites excluding steroid dienone is 1. The molecule has 0 aromatic rings. The van der Waals surface area contributed by atoms with Crippen molar-refractivity contribution in [2.75, 3.05) is 0 Å². The van der Waals surface area contributed by atoms with Crippen LogP contribution < -0.4 is 0 Å². The van der Waals surface area contributed by atoms with Gasteiger partial charge in [-0.1, -0.05) is 13.5 Å². The molecule has 0 amide bonds. The predicted octanol–water partition coefficient (Wildman–Crippen LogP) is 2.67. The van der Waals surface area contributed by atoms with Crippen LogP contribution in [0.25, 0.3) is 0 Å². The molecule has 0 saturated carbocycles. The SMILES string of the molecule is C=C=C(CC)C(F)(F)F. The van der Waals surface area contributed by atoms with Crippen molar-refractivity contribution in [3.63, 3.8) is 0 Å². The molecule has 0 saturated heterocycles. The van der Waals surface area contributed by atoms with Crippen LogP contribution in [0.15, 0.2) is 17.9 Å². The smallest absolute Gasteiger partial charge is 0.166 e. The lowest BCUT2D eigenvalue weighted by Gasteiger charge is -2.04. The second-order valence-corrected chi connectivity index (χ2v) is 1.51. The fourth-order valence-electron chi connectivity index (χ4n) is 0.426. The van der Waals surface area contributed by atoms with Crippen molar-refractivity contribution in [2.45, 2.75) is 19.5 Å². The van der Waals surface area contributed by atoms with Crippen molar-refractivity contribution in [2.24, 2.45) is 0 Å². The lowest BCUT2D eigenvalue weighted by atomic mass is 10.2. The summed E-state index contributed by atoms with van der Waals surface area (Å²) in [5.41, 5.74) is 1.14. The van der Waals surface area contributed by atoms with Crippen molar-refractivity contribution in [3.8, 4) is 0 Å². The molecule has 0 spiro atoms. The third kappa shape index (κ3) is 2.38. The van der Waals surface area contributed by atoms with Gasteiger partial charge in [-0.25, -0.2) is 0 Å². The monoisotopic (exact) mass is 136 g/mol. The highest BCUT2D eigenvalue weighted by Crippen LogP contribution is 2.26. The molecule has 0 aliphatic heterocycles. The van der Waals surface area contributed by atoms with E-state index >= 15 is 0 Å². The minimum atomic E-state index is -4.24. The third-order valence-corrected chi connectivity index (χ3v) is 0.909. The third-order valence-electron chi connectivity index (χ3n) is 0.909. The highest BCUT2D eigenvalue weighted by Gasteiger charge is 2.31. The van der Waals surface area contributed by atoms with E-state index in [4.69, 9.17) is 0 Å². The van der Waals surface area contributed by atoms with Crippen LogP contribution >= 0.6 is 0 Å². The van der Waals surface area contributed by atoms with Gasteiger partial charge in [0.25, 0.3) is 0 Å². The summed E-state index contributed by atoms with van der Waals surface area (Å²) in [6, 6.07) is 0. The van der Waals surface area contributed by atoms with Gasteiger partial charge in [-0.2, -0.15) is 13.2 Å². The molecule has 0 fully saturated rings. The number of halogens is 3. The molecule has 0 bridgehead atoms. The lowest BCUT2D eigenvalue weighted by molar-refractivity contribution is -0.0932. The summed E-state index contributed by atoms with van der Waals surface area (Å²) in [6.45, 7) is 4.33. The van der Waals surface area contributed by atoms with E-state index in [0.717, 1.165) is 0 Å². The van der Waals surface area contributed by atoms with Crippen LogP contribution in [0.1, 0.15) is 13.3 Å². The van der Waals surface area contributed by atoms with E-state index in [2.05, 4.69) is 6.58 Å². The standard InChI is InChI=1S/C6H7F3/c1-3-5(4-2)6(7,8)9/h1,4H2,2H3. The van der Waals surface area contributed by atoms with E-state index in [0.29, 0.717) is 0 Å². The summed E-state index contributed by atoms with van der Waals surface area (Å²) in [6.07, 6.45) is -4.30. The largest absolute Gasteiger partial charge is 0.419 e. The summed E-state index contributed by atoms with van der Waals surface area (Å²) in [5, 5.41) is 0. The van der Waals surface area contributed by atoms with Gasteiger partial charge >= 0.3 is 6.18 Å². The Labute approximate surface area is 51.7 Å². The molecule has 0 radical (unpaired) electrons. The molecule has 0 nitrogen and oxygen atoms in total. The Morgan fingerprint density at radius 3 is 2.00 bits per heavy atom. The van der Waals surface area contributed by atoms with Crippen LogP contribution in [0.2, 0.25) is 0 Å². The van der Waals surface area contributed by atoms with Gasteiger partial charge in [0, 0.05) is 0 Å². The van der Waals surface area contributed by atoms with Gasteiger partial charge in [-0.15, -0.1) is 5.73 Å². The summed E-state index contributed by atoms with van der Waals surface area (Å²) in [5.74, 6) is 0. The van der Waals surface area contributed by atoms with E-state index in [1.165, 1.54) is 6.92 Å². The average molecular weight is 136 g/mol. The van der Waals surface area contributed by atoms with Gasteiger partial charge in [0.2, 0.25) is 0 Å². The van der Waals surface area contributed by atoms with Crippen LogP contribution in [0, 0.1) is 0 Å². The fourth-order valence-corrected chi connectivity index (χ4v) is 0.426. The molecule has 0 aromatic heterocycles. The summed E-state index contributed by atoms with van der Waals surface area (Å²) in [4.78, 5) is 0. The molecule has 0 aliphatic carbocycles. The Kier molecular flexibility index (Phi) is 2.53. The first-order valence-electron chi connectivity index (χ1n) is 2.48. The van der Waals surface area contributed by atoms with Gasteiger partial charge in [-0.05, 0) is 6.42 Å². The summed E-state index contributed by atoms with van der Waals surface area (Å²) < 4.78 is 34.7. The van der Waals surface area contributed by atoms with Crippen molar-refractivity contribution in [1.29, 1.82) is 0 Å². The normalized spacial score (nSPS) is 10.7. The maximum atomic E-state index is 11.6. The van der Waals surface area contributed by atoms with Crippen LogP contribution in [-0.2, 0) is 0 Å². The Hall–Kier alpha value is -0.690. The number of rotatable bonds is 1. The van der Waals surface area contributed by atoms with Gasteiger partial charge in [0.1, 0.15) is 0 Å². The van der Waals surface area contributed by atoms with Crippen molar-refractivity contribution in [1.82, 2.24) is 0 Å². The molecule has 0 aliphatic rings. The van der Waals surface area contributed by atoms with Crippen molar-refractivity contribution < 1.29 is 13.2 Å². The van der Waals surface area contributed by atoms with Gasteiger partial charge in [0.05, 0.1) is 5.57 Å². The Balaban J connectivity index is 4.33. The van der Waals surface area contributed by atoms with Crippen LogP contribution in [-0.4, -0.2) is 6.18 Å². The quantitative estimate of drug-likeness (QED) is 0.486. The molecule has 0 aromatic carbocycles. The van der Waals surface area contributed by atoms with E-state index in [9.17, 15) is 13.2 Å². The van der Waals surface area contributed by atoms with E-state index in [-0.39, 0.29) is 6.42 Å². The summed E-state index contributed by atoms with van der Waals surface area (Å²) in [7, 11) is 0. The van der Waals surface area contributed by atoms with Gasteiger partial charge < -0.3 is 0 Å². The molecule has 0 N–H and O–H groups in total. The minimum Gasteiger partial charge on any atom is -0.166 e. The first kappa shape index (κ1) is 8.31. The molecule has 9 heavy (non-hydrogen) atoms. The topological polar surface area (TPSA) is 0 Å². The number of hydrogen-bond donors (Lipinski definition) is 0. The Morgan fingerprint density at radius 2 is 2.00 bits per heavy atom. The van der Waals surface area contributed by atoms with E-state index < -0.39 is 11.7 Å².